The zero-order valence-corrected chi connectivity index (χ0v) is 14.2. The minimum Gasteiger partial charge on any atom is -0.481 e. The predicted octanol–water partition coefficient (Wildman–Crippen LogP) is 2.45. The van der Waals surface area contributed by atoms with E-state index in [0.29, 0.717) is 19.4 Å². The van der Waals surface area contributed by atoms with Gasteiger partial charge in [-0.05, 0) is 43.2 Å². The van der Waals surface area contributed by atoms with E-state index in [-0.39, 0.29) is 25.0 Å². The highest BCUT2D eigenvalue weighted by Crippen LogP contribution is 2.36. The van der Waals surface area contributed by atoms with E-state index in [0.717, 1.165) is 24.8 Å². The highest BCUT2D eigenvalue weighted by Gasteiger charge is 2.45. The quantitative estimate of drug-likeness (QED) is 0.920. The molecule has 1 N–H and O–H groups in total. The number of nitrogens with zero attached hydrogens (tertiary/aromatic N) is 1. The van der Waals surface area contributed by atoms with Crippen molar-refractivity contribution < 1.29 is 19.4 Å². The van der Waals surface area contributed by atoms with Crippen molar-refractivity contribution in [3.63, 3.8) is 0 Å². The molecule has 0 saturated carbocycles. The van der Waals surface area contributed by atoms with Crippen LogP contribution in [0, 0.1) is 5.41 Å². The number of carboxylic acid groups (broad SMARTS) is 1. The third kappa shape index (κ3) is 3.05. The molecule has 1 fully saturated rings. The summed E-state index contributed by atoms with van der Waals surface area (Å²) in [6.45, 7) is 1.03. The van der Waals surface area contributed by atoms with Crippen molar-refractivity contribution in [1.29, 1.82) is 0 Å². The summed E-state index contributed by atoms with van der Waals surface area (Å²) in [5, 5.41) is 9.67. The fourth-order valence-electron chi connectivity index (χ4n) is 4.18. The molecule has 2 aliphatic rings. The number of amides is 1. The Balaban J connectivity index is 1.82. The van der Waals surface area contributed by atoms with Crippen LogP contribution in [0.2, 0.25) is 0 Å². The normalized spacial score (nSPS) is 26.7. The number of hydrogen-bond acceptors (Lipinski definition) is 3. The van der Waals surface area contributed by atoms with Gasteiger partial charge in [0.15, 0.2) is 0 Å². The Kier molecular flexibility index (Phi) is 4.90. The van der Waals surface area contributed by atoms with E-state index < -0.39 is 11.4 Å². The highest BCUT2D eigenvalue weighted by molar-refractivity contribution is 5.85. The van der Waals surface area contributed by atoms with Gasteiger partial charge in [-0.15, -0.1) is 0 Å². The minimum atomic E-state index is -0.975. The van der Waals surface area contributed by atoms with Crippen LogP contribution in [0.1, 0.15) is 42.7 Å². The number of methoxy groups -OCH3 is 1. The lowest BCUT2D eigenvalue weighted by Crippen LogP contribution is -2.53. The number of carbonyl (C=O) groups excluding carboxylic acids is 1. The first-order valence-corrected chi connectivity index (χ1v) is 8.66. The number of fused-ring (bicyclic) bond motifs is 1. The van der Waals surface area contributed by atoms with Crippen molar-refractivity contribution in [2.75, 3.05) is 26.8 Å². The van der Waals surface area contributed by atoms with Gasteiger partial charge in [0.05, 0.1) is 12.5 Å². The molecule has 0 spiro atoms. The second-order valence-electron chi connectivity index (χ2n) is 7.03. The van der Waals surface area contributed by atoms with Crippen molar-refractivity contribution >= 4 is 11.9 Å². The number of likely N-dealkylation sites (tertiary alicyclic amines) is 1. The van der Waals surface area contributed by atoms with Gasteiger partial charge < -0.3 is 14.7 Å². The summed E-state index contributed by atoms with van der Waals surface area (Å²) in [7, 11) is 1.52. The smallest absolute Gasteiger partial charge is 0.313 e. The van der Waals surface area contributed by atoms with Crippen LogP contribution in [-0.2, 0) is 20.7 Å². The molecule has 1 amide bonds. The second kappa shape index (κ2) is 6.93. The summed E-state index contributed by atoms with van der Waals surface area (Å²) in [6.07, 6.45) is 4.12. The number of hydrogen-bond donors (Lipinski definition) is 1. The van der Waals surface area contributed by atoms with E-state index in [9.17, 15) is 14.7 Å². The van der Waals surface area contributed by atoms with Gasteiger partial charge in [-0.3, -0.25) is 9.59 Å². The molecule has 3 rings (SSSR count). The lowest BCUT2D eigenvalue weighted by atomic mass is 9.78. The topological polar surface area (TPSA) is 66.8 Å². The Hall–Kier alpha value is -1.88. The average Bonchev–Trinajstić information content (AvgIpc) is 2.61. The highest BCUT2D eigenvalue weighted by atomic mass is 16.5. The average molecular weight is 331 g/mol. The second-order valence-corrected chi connectivity index (χ2v) is 7.03. The Labute approximate surface area is 142 Å². The van der Waals surface area contributed by atoms with Crippen LogP contribution in [0.4, 0.5) is 0 Å². The van der Waals surface area contributed by atoms with E-state index in [1.165, 1.54) is 12.7 Å². The molecule has 1 aliphatic carbocycles. The lowest BCUT2D eigenvalue weighted by Gasteiger charge is -2.41. The van der Waals surface area contributed by atoms with E-state index in [1.807, 2.05) is 18.2 Å². The maximum Gasteiger partial charge on any atom is 0.313 e. The maximum absolute atomic E-state index is 13.1. The number of carbonyl (C=O) groups is 2. The molecule has 0 aromatic heterocycles. The molecule has 2 unspecified atom stereocenters. The molecular weight excluding hydrogens is 306 g/mol. The van der Waals surface area contributed by atoms with Crippen molar-refractivity contribution in [2.45, 2.75) is 38.0 Å². The number of aryl methyl sites for hydroxylation is 1. The van der Waals surface area contributed by atoms with Crippen LogP contribution in [0.15, 0.2) is 24.3 Å². The number of ether oxygens (including phenoxy) is 1. The van der Waals surface area contributed by atoms with Gasteiger partial charge in [-0.25, -0.2) is 0 Å². The number of benzene rings is 1. The predicted molar refractivity (Wildman–Crippen MR) is 89.9 cm³/mol. The van der Waals surface area contributed by atoms with Crippen molar-refractivity contribution in [3.05, 3.63) is 35.4 Å². The van der Waals surface area contributed by atoms with Crippen LogP contribution in [-0.4, -0.2) is 48.7 Å². The molecule has 0 bridgehead atoms. The Morgan fingerprint density at radius 2 is 2.12 bits per heavy atom. The van der Waals surface area contributed by atoms with Gasteiger partial charge in [0.2, 0.25) is 5.91 Å². The van der Waals surface area contributed by atoms with Crippen LogP contribution in [0.25, 0.3) is 0 Å². The van der Waals surface area contributed by atoms with Crippen molar-refractivity contribution in [3.8, 4) is 0 Å². The molecule has 5 nitrogen and oxygen atoms in total. The monoisotopic (exact) mass is 331 g/mol. The molecule has 1 heterocycles. The van der Waals surface area contributed by atoms with Gasteiger partial charge in [0.25, 0.3) is 0 Å². The van der Waals surface area contributed by atoms with Gasteiger partial charge in [0, 0.05) is 20.2 Å². The summed E-state index contributed by atoms with van der Waals surface area (Å²) in [6, 6.07) is 8.13. The van der Waals surface area contributed by atoms with Gasteiger partial charge in [0.1, 0.15) is 5.41 Å². The minimum absolute atomic E-state index is 0.0728. The first-order valence-electron chi connectivity index (χ1n) is 8.66. The third-order valence-electron chi connectivity index (χ3n) is 5.43. The Morgan fingerprint density at radius 3 is 2.88 bits per heavy atom. The number of aliphatic carboxylic acids is 1. The van der Waals surface area contributed by atoms with Gasteiger partial charge in [-0.1, -0.05) is 24.3 Å². The first kappa shape index (κ1) is 17.0. The molecule has 5 heteroatoms. The number of rotatable bonds is 4. The summed E-state index contributed by atoms with van der Waals surface area (Å²) >= 11 is 0. The fourth-order valence-corrected chi connectivity index (χ4v) is 4.18. The van der Waals surface area contributed by atoms with Gasteiger partial charge in [-0.2, -0.15) is 0 Å². The molecule has 0 radical (unpaired) electrons. The molecule has 1 aromatic rings. The molecule has 1 aromatic carbocycles. The lowest BCUT2D eigenvalue weighted by molar-refractivity contribution is -0.159. The number of carboxylic acids is 1. The maximum atomic E-state index is 13.1. The van der Waals surface area contributed by atoms with Crippen molar-refractivity contribution in [1.82, 2.24) is 4.90 Å². The summed E-state index contributed by atoms with van der Waals surface area (Å²) < 4.78 is 5.16. The molecule has 2 atom stereocenters. The van der Waals surface area contributed by atoms with Crippen LogP contribution >= 0.6 is 0 Å². The fraction of sp³-hybridized carbons (Fsp3) is 0.579. The van der Waals surface area contributed by atoms with E-state index >= 15 is 0 Å². The number of piperidine rings is 1. The summed E-state index contributed by atoms with van der Waals surface area (Å²) in [5.41, 5.74) is 1.39. The first-order chi connectivity index (χ1) is 11.6. The Morgan fingerprint density at radius 1 is 1.33 bits per heavy atom. The molecule has 24 heavy (non-hydrogen) atoms. The van der Waals surface area contributed by atoms with Crippen LogP contribution < -0.4 is 0 Å². The van der Waals surface area contributed by atoms with E-state index in [2.05, 4.69) is 6.07 Å². The van der Waals surface area contributed by atoms with Crippen molar-refractivity contribution in [2.24, 2.45) is 5.41 Å². The SMILES string of the molecule is COCC1(C(=O)O)CCCN(C(=O)C2CCCc3ccccc32)C1. The third-order valence-corrected chi connectivity index (χ3v) is 5.43. The zero-order valence-electron chi connectivity index (χ0n) is 14.2. The molecule has 1 saturated heterocycles. The molecular formula is C19H25NO4. The van der Waals surface area contributed by atoms with E-state index in [4.69, 9.17) is 4.74 Å². The van der Waals surface area contributed by atoms with Crippen LogP contribution in [0.5, 0.6) is 0 Å². The molecule has 130 valence electrons. The standard InChI is InChI=1S/C19H25NO4/c1-24-13-19(18(22)23)10-5-11-20(12-19)17(21)16-9-4-7-14-6-2-3-8-15(14)16/h2-3,6,8,16H,4-5,7,9-13H2,1H3,(H,22,23). The Bertz CT molecular complexity index is 626. The van der Waals surface area contributed by atoms with Crippen LogP contribution in [0.3, 0.4) is 0 Å². The van der Waals surface area contributed by atoms with Gasteiger partial charge >= 0.3 is 5.97 Å². The molecule has 1 aliphatic heterocycles. The summed E-state index contributed by atoms with van der Waals surface area (Å²) in [5.74, 6) is -0.934. The van der Waals surface area contributed by atoms with E-state index in [1.54, 1.807) is 4.90 Å². The zero-order chi connectivity index (χ0) is 17.2. The summed E-state index contributed by atoms with van der Waals surface area (Å²) in [4.78, 5) is 26.7. The largest absolute Gasteiger partial charge is 0.481 e.